The fraction of sp³-hybridized carbons (Fsp3) is 0.250. The monoisotopic (exact) mass is 476 g/mol. The molecule has 0 unspecified atom stereocenters. The molecular formula is C28H29FN2O4. The number of nitrogens with one attached hydrogen (secondary N) is 1. The van der Waals surface area contributed by atoms with Crippen molar-refractivity contribution >= 4 is 17.1 Å². The molecule has 2 aliphatic rings. The van der Waals surface area contributed by atoms with Gasteiger partial charge in [0.05, 0.1) is 20.8 Å². The van der Waals surface area contributed by atoms with E-state index in [1.54, 1.807) is 25.1 Å². The molecule has 1 heterocycles. The van der Waals surface area contributed by atoms with Gasteiger partial charge in [0.15, 0.2) is 5.60 Å². The lowest BCUT2D eigenvalue weighted by atomic mass is 9.91. The lowest BCUT2D eigenvalue weighted by Crippen LogP contribution is -2.33. The molecule has 0 fully saturated rings. The molecule has 2 aliphatic carbocycles. The SMILES string of the molecule is COC1=CC(=CC2=C(C)C(=CC(=O)NCc3cccn3C)c3cc(F)ccc32)C=C(OC)C1(C)O. The summed E-state index contributed by atoms with van der Waals surface area (Å²) < 4.78 is 26.9. The highest BCUT2D eigenvalue weighted by molar-refractivity contribution is 6.08. The van der Waals surface area contributed by atoms with Crippen LogP contribution < -0.4 is 5.32 Å². The third-order valence-electron chi connectivity index (χ3n) is 6.45. The number of aryl methyl sites for hydroxylation is 1. The molecule has 0 aliphatic heterocycles. The summed E-state index contributed by atoms with van der Waals surface area (Å²) in [6.45, 7) is 3.89. The van der Waals surface area contributed by atoms with Gasteiger partial charge in [-0.1, -0.05) is 6.07 Å². The van der Waals surface area contributed by atoms with Crippen molar-refractivity contribution in [1.82, 2.24) is 9.88 Å². The van der Waals surface area contributed by atoms with E-state index in [1.807, 2.05) is 42.9 Å². The van der Waals surface area contributed by atoms with Crippen molar-refractivity contribution in [3.63, 3.8) is 0 Å². The summed E-state index contributed by atoms with van der Waals surface area (Å²) in [6.07, 6.45) is 8.82. The highest BCUT2D eigenvalue weighted by atomic mass is 19.1. The number of carbonyl (C=O) groups excluding carboxylic acids is 1. The Morgan fingerprint density at radius 2 is 1.86 bits per heavy atom. The highest BCUT2D eigenvalue weighted by Gasteiger charge is 2.36. The Morgan fingerprint density at radius 1 is 1.17 bits per heavy atom. The molecule has 0 radical (unpaired) electrons. The summed E-state index contributed by atoms with van der Waals surface area (Å²) in [7, 11) is 4.90. The molecule has 4 rings (SSSR count). The van der Waals surface area contributed by atoms with Gasteiger partial charge >= 0.3 is 0 Å². The van der Waals surface area contributed by atoms with Gasteiger partial charge < -0.3 is 24.5 Å². The first-order valence-corrected chi connectivity index (χ1v) is 11.2. The number of ether oxygens (including phenoxy) is 2. The number of methoxy groups -OCH3 is 2. The Morgan fingerprint density at radius 3 is 2.46 bits per heavy atom. The second-order valence-corrected chi connectivity index (χ2v) is 8.76. The first kappa shape index (κ1) is 24.3. The van der Waals surface area contributed by atoms with Crippen molar-refractivity contribution < 1.29 is 23.8 Å². The maximum atomic E-state index is 14.2. The zero-order chi connectivity index (χ0) is 25.3. The van der Waals surface area contributed by atoms with Crippen LogP contribution in [0.15, 0.2) is 83.5 Å². The minimum atomic E-state index is -1.39. The van der Waals surface area contributed by atoms with Crippen LogP contribution in [0.25, 0.3) is 11.1 Å². The summed E-state index contributed by atoms with van der Waals surface area (Å²) in [5, 5.41) is 13.7. The first-order chi connectivity index (χ1) is 16.6. The predicted molar refractivity (Wildman–Crippen MR) is 133 cm³/mol. The molecule has 7 heteroatoms. The number of halogens is 1. The number of rotatable bonds is 6. The summed E-state index contributed by atoms with van der Waals surface area (Å²) in [5.41, 5.74) is 4.13. The fourth-order valence-electron chi connectivity index (χ4n) is 4.45. The smallest absolute Gasteiger partial charge is 0.244 e. The van der Waals surface area contributed by atoms with Crippen LogP contribution in [0.5, 0.6) is 0 Å². The van der Waals surface area contributed by atoms with Crippen LogP contribution in [-0.2, 0) is 27.9 Å². The van der Waals surface area contributed by atoms with Crippen molar-refractivity contribution in [2.75, 3.05) is 14.2 Å². The minimum Gasteiger partial charge on any atom is -0.498 e. The quantitative estimate of drug-likeness (QED) is 0.606. The van der Waals surface area contributed by atoms with Crippen molar-refractivity contribution in [2.24, 2.45) is 7.05 Å². The molecule has 1 aromatic carbocycles. The third-order valence-corrected chi connectivity index (χ3v) is 6.45. The standard InChI is InChI=1S/C28H29FN2O4/c1-17-22(11-18-12-25(34-4)28(2,33)26(13-18)35-5)21-9-8-19(29)14-24(21)23(17)15-27(32)30-16-20-7-6-10-31(20)3/h6-15,33H,16H2,1-5H3,(H,30,32). The molecule has 0 bridgehead atoms. The van der Waals surface area contributed by atoms with Crippen LogP contribution in [0.1, 0.15) is 30.7 Å². The highest BCUT2D eigenvalue weighted by Crippen LogP contribution is 2.43. The van der Waals surface area contributed by atoms with Crippen molar-refractivity contribution in [2.45, 2.75) is 26.0 Å². The lowest BCUT2D eigenvalue weighted by molar-refractivity contribution is -0.116. The number of amides is 1. The van der Waals surface area contributed by atoms with Gasteiger partial charge in [0.1, 0.15) is 17.3 Å². The Hall–Kier alpha value is -3.84. The minimum absolute atomic E-state index is 0.262. The van der Waals surface area contributed by atoms with Crippen LogP contribution in [-0.4, -0.2) is 35.4 Å². The average molecular weight is 477 g/mol. The number of fused-ring (bicyclic) bond motifs is 1. The second-order valence-electron chi connectivity index (χ2n) is 8.76. The molecule has 6 nitrogen and oxygen atoms in total. The zero-order valence-electron chi connectivity index (χ0n) is 20.5. The second kappa shape index (κ2) is 9.43. The summed E-state index contributed by atoms with van der Waals surface area (Å²) in [4.78, 5) is 12.8. The van der Waals surface area contributed by atoms with Gasteiger partial charge in [-0.15, -0.1) is 0 Å². The van der Waals surface area contributed by atoms with E-state index in [0.717, 1.165) is 28.0 Å². The Balaban J connectivity index is 1.73. The predicted octanol–water partition coefficient (Wildman–Crippen LogP) is 4.40. The lowest BCUT2D eigenvalue weighted by Gasteiger charge is -2.30. The normalized spacial score (nSPS) is 20.4. The van der Waals surface area contributed by atoms with E-state index in [9.17, 15) is 14.3 Å². The van der Waals surface area contributed by atoms with E-state index in [4.69, 9.17) is 9.47 Å². The van der Waals surface area contributed by atoms with Crippen molar-refractivity contribution in [3.8, 4) is 0 Å². The number of allylic oxidation sites excluding steroid dienone is 7. The van der Waals surface area contributed by atoms with E-state index in [0.29, 0.717) is 29.2 Å². The van der Waals surface area contributed by atoms with Crippen molar-refractivity contribution in [3.05, 3.63) is 106 Å². The van der Waals surface area contributed by atoms with E-state index >= 15 is 0 Å². The van der Waals surface area contributed by atoms with Gasteiger partial charge in [-0.2, -0.15) is 0 Å². The number of carbonyl (C=O) groups is 1. The molecule has 2 N–H and O–H groups in total. The number of hydrogen-bond acceptors (Lipinski definition) is 4. The third kappa shape index (κ3) is 4.59. The molecule has 2 aromatic rings. The van der Waals surface area contributed by atoms with Gasteiger partial charge in [-0.05, 0) is 89.8 Å². The van der Waals surface area contributed by atoms with Crippen molar-refractivity contribution in [1.29, 1.82) is 0 Å². The first-order valence-electron chi connectivity index (χ1n) is 11.2. The van der Waals surface area contributed by atoms with Gasteiger partial charge in [0.2, 0.25) is 5.91 Å². The summed E-state index contributed by atoms with van der Waals surface area (Å²) >= 11 is 0. The van der Waals surface area contributed by atoms with Crippen LogP contribution in [0.3, 0.4) is 0 Å². The molecule has 35 heavy (non-hydrogen) atoms. The topological polar surface area (TPSA) is 72.7 Å². The molecule has 0 spiro atoms. The maximum Gasteiger partial charge on any atom is 0.244 e. The van der Waals surface area contributed by atoms with E-state index in [-0.39, 0.29) is 11.7 Å². The van der Waals surface area contributed by atoms with E-state index < -0.39 is 5.60 Å². The number of benzene rings is 1. The van der Waals surface area contributed by atoms with Gasteiger partial charge in [0, 0.05) is 25.0 Å². The largest absolute Gasteiger partial charge is 0.498 e. The summed E-state index contributed by atoms with van der Waals surface area (Å²) in [6, 6.07) is 8.42. The molecular weight excluding hydrogens is 447 g/mol. The molecule has 1 amide bonds. The Labute approximate surface area is 204 Å². The zero-order valence-corrected chi connectivity index (χ0v) is 20.5. The number of aliphatic hydroxyl groups is 1. The van der Waals surface area contributed by atoms with Crippen LogP contribution in [0.4, 0.5) is 4.39 Å². The fourth-order valence-corrected chi connectivity index (χ4v) is 4.45. The molecule has 0 atom stereocenters. The molecule has 1 aromatic heterocycles. The average Bonchev–Trinajstić information content (AvgIpc) is 3.34. The number of hydrogen-bond donors (Lipinski definition) is 2. The van der Waals surface area contributed by atoms with Gasteiger partial charge in [0.25, 0.3) is 0 Å². The maximum absolute atomic E-state index is 14.2. The van der Waals surface area contributed by atoms with Crippen LogP contribution in [0, 0.1) is 5.82 Å². The number of nitrogens with zero attached hydrogens (tertiary/aromatic N) is 1. The van der Waals surface area contributed by atoms with E-state index in [2.05, 4.69) is 5.32 Å². The van der Waals surface area contributed by atoms with Crippen LogP contribution >= 0.6 is 0 Å². The van der Waals surface area contributed by atoms with Gasteiger partial charge in [-0.3, -0.25) is 4.79 Å². The molecule has 0 saturated heterocycles. The van der Waals surface area contributed by atoms with E-state index in [1.165, 1.54) is 32.4 Å². The summed E-state index contributed by atoms with van der Waals surface area (Å²) in [5.74, 6) is 0.0444. The molecule has 182 valence electrons. The number of aromatic nitrogens is 1. The Bertz CT molecular complexity index is 1310. The van der Waals surface area contributed by atoms with Gasteiger partial charge in [-0.25, -0.2) is 4.39 Å². The Kier molecular flexibility index (Phi) is 6.54. The van der Waals surface area contributed by atoms with Crippen LogP contribution in [0.2, 0.25) is 0 Å². The molecule has 0 saturated carbocycles.